The molecule has 22 heavy (non-hydrogen) atoms. The summed E-state index contributed by atoms with van der Waals surface area (Å²) in [5.41, 5.74) is 8.47. The second-order valence-corrected chi connectivity index (χ2v) is 6.00. The van der Waals surface area contributed by atoms with E-state index in [-0.39, 0.29) is 5.97 Å². The van der Waals surface area contributed by atoms with Gasteiger partial charge in [0, 0.05) is 5.56 Å². The van der Waals surface area contributed by atoms with Crippen molar-refractivity contribution in [2.75, 3.05) is 12.8 Å². The molecular formula is C18H21NO3. The molecule has 2 aromatic rings. The lowest BCUT2D eigenvalue weighted by molar-refractivity contribution is 0.00696. The van der Waals surface area contributed by atoms with Crippen molar-refractivity contribution in [2.24, 2.45) is 0 Å². The van der Waals surface area contributed by atoms with Gasteiger partial charge in [-0.2, -0.15) is 0 Å². The molecule has 2 N–H and O–H groups in total. The Morgan fingerprint density at radius 2 is 1.68 bits per heavy atom. The Morgan fingerprint density at radius 1 is 1.05 bits per heavy atom. The molecule has 0 aliphatic carbocycles. The van der Waals surface area contributed by atoms with Gasteiger partial charge in [0.25, 0.3) is 0 Å². The number of rotatable bonds is 3. The minimum absolute atomic E-state index is 0.335. The number of carbonyl (C=O) groups excluding carboxylic acids is 1. The number of nitrogens with two attached hydrogens (primary N) is 1. The van der Waals surface area contributed by atoms with Gasteiger partial charge in [0.1, 0.15) is 11.4 Å². The summed E-state index contributed by atoms with van der Waals surface area (Å²) in [4.78, 5) is 12.0. The predicted molar refractivity (Wildman–Crippen MR) is 88.0 cm³/mol. The lowest BCUT2D eigenvalue weighted by atomic mass is 10.0. The first-order chi connectivity index (χ1) is 10.3. The fourth-order valence-electron chi connectivity index (χ4n) is 2.10. The minimum Gasteiger partial charge on any atom is -0.495 e. The summed E-state index contributed by atoms with van der Waals surface area (Å²) < 4.78 is 10.6. The highest BCUT2D eigenvalue weighted by atomic mass is 16.6. The molecule has 0 saturated carbocycles. The summed E-state index contributed by atoms with van der Waals surface area (Å²) in [6.45, 7) is 5.53. The highest BCUT2D eigenvalue weighted by molar-refractivity contribution is 5.91. The lowest BCUT2D eigenvalue weighted by Crippen LogP contribution is -2.23. The van der Waals surface area contributed by atoms with Gasteiger partial charge in [-0.25, -0.2) is 4.79 Å². The molecule has 0 unspecified atom stereocenters. The van der Waals surface area contributed by atoms with E-state index in [1.807, 2.05) is 51.1 Å². The molecule has 0 atom stereocenters. The molecule has 0 aliphatic rings. The maximum atomic E-state index is 12.0. The molecule has 0 bridgehead atoms. The van der Waals surface area contributed by atoms with Crippen molar-refractivity contribution >= 4 is 11.7 Å². The largest absolute Gasteiger partial charge is 0.495 e. The van der Waals surface area contributed by atoms with Crippen LogP contribution in [0.25, 0.3) is 11.1 Å². The number of methoxy groups -OCH3 is 1. The fraction of sp³-hybridized carbons (Fsp3) is 0.278. The Bertz CT molecular complexity index is 670. The van der Waals surface area contributed by atoms with E-state index in [0.717, 1.165) is 11.1 Å². The van der Waals surface area contributed by atoms with Crippen LogP contribution in [0, 0.1) is 0 Å². The molecule has 116 valence electrons. The van der Waals surface area contributed by atoms with Crippen LogP contribution in [0.2, 0.25) is 0 Å². The molecule has 0 amide bonds. The van der Waals surface area contributed by atoms with E-state index in [1.165, 1.54) is 0 Å². The number of carbonyl (C=O) groups is 1. The van der Waals surface area contributed by atoms with Crippen LogP contribution in [0.5, 0.6) is 5.75 Å². The first kappa shape index (κ1) is 15.9. The Labute approximate surface area is 130 Å². The van der Waals surface area contributed by atoms with E-state index in [9.17, 15) is 4.79 Å². The molecule has 0 spiro atoms. The van der Waals surface area contributed by atoms with Crippen LogP contribution in [0.1, 0.15) is 31.1 Å². The average Bonchev–Trinajstić information content (AvgIpc) is 2.46. The van der Waals surface area contributed by atoms with Crippen molar-refractivity contribution in [3.8, 4) is 16.9 Å². The Kier molecular flexibility index (Phi) is 4.40. The van der Waals surface area contributed by atoms with Gasteiger partial charge in [0.2, 0.25) is 0 Å². The van der Waals surface area contributed by atoms with E-state index in [1.54, 1.807) is 19.2 Å². The van der Waals surface area contributed by atoms with E-state index in [2.05, 4.69) is 0 Å². The maximum absolute atomic E-state index is 12.0. The standard InChI is InChI=1S/C18H21NO3/c1-18(2,3)22-17(20)13-10-8-12(9-11-13)14-6-5-7-15(21-4)16(14)19/h5-11H,19H2,1-4H3. The second kappa shape index (κ2) is 6.10. The third kappa shape index (κ3) is 3.58. The van der Waals surface area contributed by atoms with Crippen LogP contribution in [0.3, 0.4) is 0 Å². The van der Waals surface area contributed by atoms with Crippen LogP contribution in [-0.4, -0.2) is 18.7 Å². The van der Waals surface area contributed by atoms with Gasteiger partial charge in [-0.05, 0) is 44.5 Å². The number of anilines is 1. The first-order valence-electron chi connectivity index (χ1n) is 7.08. The van der Waals surface area contributed by atoms with Crippen molar-refractivity contribution in [2.45, 2.75) is 26.4 Å². The SMILES string of the molecule is COc1cccc(-c2ccc(C(=O)OC(C)(C)C)cc2)c1N. The van der Waals surface area contributed by atoms with Crippen molar-refractivity contribution in [1.29, 1.82) is 0 Å². The van der Waals surface area contributed by atoms with Crippen LogP contribution in [-0.2, 0) is 4.74 Å². The predicted octanol–water partition coefficient (Wildman–Crippen LogP) is 3.90. The maximum Gasteiger partial charge on any atom is 0.338 e. The van der Waals surface area contributed by atoms with Gasteiger partial charge in [0.05, 0.1) is 18.4 Å². The molecule has 2 aromatic carbocycles. The quantitative estimate of drug-likeness (QED) is 0.689. The Balaban J connectivity index is 2.28. The zero-order chi connectivity index (χ0) is 16.3. The van der Waals surface area contributed by atoms with E-state index in [0.29, 0.717) is 17.0 Å². The highest BCUT2D eigenvalue weighted by Crippen LogP contribution is 2.33. The minimum atomic E-state index is -0.507. The normalized spacial score (nSPS) is 11.1. The van der Waals surface area contributed by atoms with Gasteiger partial charge >= 0.3 is 5.97 Å². The van der Waals surface area contributed by atoms with Crippen LogP contribution in [0.4, 0.5) is 5.69 Å². The van der Waals surface area contributed by atoms with Crippen LogP contribution >= 0.6 is 0 Å². The fourth-order valence-corrected chi connectivity index (χ4v) is 2.10. The van der Waals surface area contributed by atoms with Crippen LogP contribution < -0.4 is 10.5 Å². The molecule has 0 radical (unpaired) electrons. The third-order valence-corrected chi connectivity index (χ3v) is 3.12. The molecule has 0 fully saturated rings. The monoisotopic (exact) mass is 299 g/mol. The summed E-state index contributed by atoms with van der Waals surface area (Å²) in [5.74, 6) is 0.298. The smallest absolute Gasteiger partial charge is 0.338 e. The molecule has 4 heteroatoms. The van der Waals surface area contributed by atoms with Crippen molar-refractivity contribution in [3.63, 3.8) is 0 Å². The van der Waals surface area contributed by atoms with Crippen molar-refractivity contribution in [3.05, 3.63) is 48.0 Å². The Morgan fingerprint density at radius 3 is 2.23 bits per heavy atom. The Hall–Kier alpha value is -2.49. The number of ether oxygens (including phenoxy) is 2. The molecule has 4 nitrogen and oxygen atoms in total. The lowest BCUT2D eigenvalue weighted by Gasteiger charge is -2.19. The summed E-state index contributed by atoms with van der Waals surface area (Å²) in [6, 6.07) is 12.8. The van der Waals surface area contributed by atoms with E-state index >= 15 is 0 Å². The number of para-hydroxylation sites is 1. The average molecular weight is 299 g/mol. The molecule has 0 saturated heterocycles. The number of hydrogen-bond donors (Lipinski definition) is 1. The molecule has 0 aromatic heterocycles. The van der Waals surface area contributed by atoms with Gasteiger partial charge in [-0.3, -0.25) is 0 Å². The van der Waals surface area contributed by atoms with Gasteiger partial charge in [-0.15, -0.1) is 0 Å². The first-order valence-corrected chi connectivity index (χ1v) is 7.08. The summed E-state index contributed by atoms with van der Waals surface area (Å²) in [7, 11) is 1.58. The van der Waals surface area contributed by atoms with Crippen LogP contribution in [0.15, 0.2) is 42.5 Å². The number of nitrogen functional groups attached to an aromatic ring is 1. The molecular weight excluding hydrogens is 278 g/mol. The topological polar surface area (TPSA) is 61.5 Å². The van der Waals surface area contributed by atoms with Crippen molar-refractivity contribution < 1.29 is 14.3 Å². The molecule has 0 aliphatic heterocycles. The molecule has 2 rings (SSSR count). The third-order valence-electron chi connectivity index (χ3n) is 3.12. The van der Waals surface area contributed by atoms with Gasteiger partial charge in [-0.1, -0.05) is 24.3 Å². The number of esters is 1. The highest BCUT2D eigenvalue weighted by Gasteiger charge is 2.18. The number of benzene rings is 2. The van der Waals surface area contributed by atoms with E-state index < -0.39 is 5.60 Å². The van der Waals surface area contributed by atoms with Gasteiger partial charge in [0.15, 0.2) is 0 Å². The molecule has 0 heterocycles. The summed E-state index contributed by atoms with van der Waals surface area (Å²) in [6.07, 6.45) is 0. The second-order valence-electron chi connectivity index (χ2n) is 6.00. The zero-order valence-electron chi connectivity index (χ0n) is 13.3. The van der Waals surface area contributed by atoms with Gasteiger partial charge < -0.3 is 15.2 Å². The zero-order valence-corrected chi connectivity index (χ0v) is 13.3. The summed E-state index contributed by atoms with van der Waals surface area (Å²) in [5, 5.41) is 0. The number of hydrogen-bond acceptors (Lipinski definition) is 4. The summed E-state index contributed by atoms with van der Waals surface area (Å²) >= 11 is 0. The van der Waals surface area contributed by atoms with Crippen molar-refractivity contribution in [1.82, 2.24) is 0 Å². The van der Waals surface area contributed by atoms with E-state index in [4.69, 9.17) is 15.2 Å².